The summed E-state index contributed by atoms with van der Waals surface area (Å²) in [6.07, 6.45) is 0. The maximum absolute atomic E-state index is 7.25. The quantitative estimate of drug-likeness (QED) is 0.173. The molecule has 10 aromatic carbocycles. The Morgan fingerprint density at radius 2 is 0.677 bits per heavy atom. The van der Waals surface area contributed by atoms with E-state index in [4.69, 9.17) is 19.7 Å². The topological polar surface area (TPSA) is 47.9 Å². The van der Waals surface area contributed by atoms with Crippen molar-refractivity contribution in [2.75, 3.05) is 0 Å². The van der Waals surface area contributed by atoms with Crippen molar-refractivity contribution in [3.63, 3.8) is 0 Å². The summed E-state index contributed by atoms with van der Waals surface area (Å²) in [5.41, 5.74) is 15.6. The molecule has 0 atom stereocenters. The lowest BCUT2D eigenvalue weighted by Crippen LogP contribution is -2.01. The zero-order valence-corrected chi connectivity index (χ0v) is 35.3. The molecular formula is C61H39N3O. The predicted molar refractivity (Wildman–Crippen MR) is 266 cm³/mol. The van der Waals surface area contributed by atoms with E-state index < -0.39 is 0 Å². The summed E-state index contributed by atoms with van der Waals surface area (Å²) in [6.45, 7) is 0. The molecule has 65 heavy (non-hydrogen) atoms. The molecule has 0 radical (unpaired) electrons. The smallest absolute Gasteiger partial charge is 0.164 e. The largest absolute Gasteiger partial charge is 0.455 e. The SMILES string of the molecule is c1ccc(-c2cc(-c3ccccc3)cc(-c3nc(-c4ccccc4)nc(-c4ccc5c(c4)-c4ccc6ccccc6c4Oc4ccccc4-c4ccccc4-c4ccccc4-5)n3)c2)cc1. The van der Waals surface area contributed by atoms with Crippen LogP contribution in [0.15, 0.2) is 237 Å². The van der Waals surface area contributed by atoms with E-state index in [1.54, 1.807) is 0 Å². The molecule has 4 heteroatoms. The van der Waals surface area contributed by atoms with Crippen LogP contribution in [0.1, 0.15) is 0 Å². The number of rotatable bonds is 5. The van der Waals surface area contributed by atoms with E-state index in [2.05, 4.69) is 200 Å². The summed E-state index contributed by atoms with van der Waals surface area (Å²) in [4.78, 5) is 15.8. The Morgan fingerprint density at radius 1 is 0.246 bits per heavy atom. The van der Waals surface area contributed by atoms with E-state index in [0.717, 1.165) is 106 Å². The van der Waals surface area contributed by atoms with Gasteiger partial charge in [0.05, 0.1) is 0 Å². The van der Waals surface area contributed by atoms with E-state index in [9.17, 15) is 0 Å². The van der Waals surface area contributed by atoms with Crippen LogP contribution in [0.5, 0.6) is 11.5 Å². The van der Waals surface area contributed by atoms with Gasteiger partial charge in [0.25, 0.3) is 0 Å². The van der Waals surface area contributed by atoms with Crippen molar-refractivity contribution in [2.24, 2.45) is 0 Å². The molecule has 0 saturated heterocycles. The third-order valence-corrected chi connectivity index (χ3v) is 12.3. The number of para-hydroxylation sites is 1. The number of benzene rings is 10. The fraction of sp³-hybridized carbons (Fsp3) is 0. The van der Waals surface area contributed by atoms with Crippen molar-refractivity contribution < 1.29 is 4.74 Å². The first-order valence-electron chi connectivity index (χ1n) is 21.9. The Balaban J connectivity index is 1.13. The third-order valence-electron chi connectivity index (χ3n) is 12.3. The minimum absolute atomic E-state index is 0.574. The van der Waals surface area contributed by atoms with Crippen LogP contribution < -0.4 is 4.74 Å². The predicted octanol–water partition coefficient (Wildman–Crippen LogP) is 16.1. The molecule has 1 aromatic heterocycles. The molecule has 0 unspecified atom stereocenters. The second-order valence-corrected chi connectivity index (χ2v) is 16.3. The van der Waals surface area contributed by atoms with Crippen molar-refractivity contribution in [1.82, 2.24) is 15.0 Å². The maximum atomic E-state index is 7.25. The number of hydrogen-bond acceptors (Lipinski definition) is 4. The minimum Gasteiger partial charge on any atom is -0.455 e. The average molecular weight is 830 g/mol. The van der Waals surface area contributed by atoms with E-state index in [1.165, 1.54) is 0 Å². The van der Waals surface area contributed by atoms with Crippen molar-refractivity contribution >= 4 is 10.8 Å². The molecule has 304 valence electrons. The van der Waals surface area contributed by atoms with E-state index in [0.29, 0.717) is 17.5 Å². The van der Waals surface area contributed by atoms with Gasteiger partial charge in [-0.1, -0.05) is 200 Å². The molecule has 11 aromatic rings. The second kappa shape index (κ2) is 16.2. The molecule has 0 aliphatic carbocycles. The van der Waals surface area contributed by atoms with E-state index in [-0.39, 0.29) is 0 Å². The maximum Gasteiger partial charge on any atom is 0.164 e. The van der Waals surface area contributed by atoms with Crippen molar-refractivity contribution in [1.29, 1.82) is 0 Å². The summed E-state index contributed by atoms with van der Waals surface area (Å²) < 4.78 is 7.25. The lowest BCUT2D eigenvalue weighted by atomic mass is 9.85. The van der Waals surface area contributed by atoms with Gasteiger partial charge in [-0.15, -0.1) is 0 Å². The second-order valence-electron chi connectivity index (χ2n) is 16.3. The van der Waals surface area contributed by atoms with Gasteiger partial charge in [-0.3, -0.25) is 0 Å². The summed E-state index contributed by atoms with van der Waals surface area (Å²) in [7, 11) is 0. The highest BCUT2D eigenvalue weighted by atomic mass is 16.5. The van der Waals surface area contributed by atoms with Crippen LogP contribution in [0.2, 0.25) is 0 Å². The molecule has 0 bridgehead atoms. The summed E-state index contributed by atoms with van der Waals surface area (Å²) >= 11 is 0. The van der Waals surface area contributed by atoms with Crippen molar-refractivity contribution in [3.8, 4) is 112 Å². The first-order chi connectivity index (χ1) is 32.2. The molecule has 0 saturated carbocycles. The molecule has 0 spiro atoms. The molecule has 1 aliphatic heterocycles. The van der Waals surface area contributed by atoms with Crippen LogP contribution in [0.25, 0.3) is 112 Å². The standard InChI is InChI=1S/C61H39N3O/c1-4-18-40(19-5-1)45-36-46(41-20-6-2-7-21-41)38-47(37-45)61-63-59(43-23-8-3-9-24-43)62-60(64-61)44-33-34-53-51-28-13-12-26-49(51)50-27-14-15-29-52(50)54-30-16-17-31-57(54)65-58-48-25-11-10-22-42(48)32-35-55(58)56(53)39-44/h1-39H. The van der Waals surface area contributed by atoms with Gasteiger partial charge in [0.15, 0.2) is 17.5 Å². The van der Waals surface area contributed by atoms with Crippen LogP contribution in [0.4, 0.5) is 0 Å². The van der Waals surface area contributed by atoms with Crippen LogP contribution in [0.3, 0.4) is 0 Å². The Bertz CT molecular complexity index is 3510. The fourth-order valence-electron chi connectivity index (χ4n) is 9.20. The van der Waals surface area contributed by atoms with Gasteiger partial charge in [-0.25, -0.2) is 15.0 Å². The van der Waals surface area contributed by atoms with Gasteiger partial charge in [0.2, 0.25) is 0 Å². The summed E-state index contributed by atoms with van der Waals surface area (Å²) in [6, 6.07) is 83.0. The van der Waals surface area contributed by atoms with Gasteiger partial charge < -0.3 is 4.74 Å². The highest BCUT2D eigenvalue weighted by Crippen LogP contribution is 2.50. The van der Waals surface area contributed by atoms with Crippen LogP contribution >= 0.6 is 0 Å². The number of aromatic nitrogens is 3. The monoisotopic (exact) mass is 829 g/mol. The lowest BCUT2D eigenvalue weighted by Gasteiger charge is -2.19. The molecule has 0 fully saturated rings. The molecule has 0 amide bonds. The Labute approximate surface area is 377 Å². The Kier molecular flexibility index (Phi) is 9.46. The van der Waals surface area contributed by atoms with Crippen molar-refractivity contribution in [2.45, 2.75) is 0 Å². The average Bonchev–Trinajstić information content (AvgIpc) is 3.40. The van der Waals surface area contributed by atoms with Crippen molar-refractivity contribution in [3.05, 3.63) is 237 Å². The van der Waals surface area contributed by atoms with Crippen LogP contribution in [-0.2, 0) is 0 Å². The first-order valence-corrected chi connectivity index (χ1v) is 21.9. The number of hydrogen-bond donors (Lipinski definition) is 0. The van der Waals surface area contributed by atoms with Gasteiger partial charge in [-0.05, 0) is 97.4 Å². The summed E-state index contributed by atoms with van der Waals surface area (Å²) in [5.74, 6) is 3.34. The van der Waals surface area contributed by atoms with Gasteiger partial charge in [0, 0.05) is 33.2 Å². The molecule has 4 nitrogen and oxygen atoms in total. The third kappa shape index (κ3) is 7.04. The molecule has 1 aliphatic rings. The number of ether oxygens (including phenoxy) is 1. The summed E-state index contributed by atoms with van der Waals surface area (Å²) in [5, 5.41) is 2.12. The number of nitrogens with zero attached hydrogens (tertiary/aromatic N) is 3. The fourth-order valence-corrected chi connectivity index (χ4v) is 9.20. The van der Waals surface area contributed by atoms with Gasteiger partial charge >= 0.3 is 0 Å². The van der Waals surface area contributed by atoms with Crippen LogP contribution in [-0.4, -0.2) is 15.0 Å². The van der Waals surface area contributed by atoms with E-state index >= 15 is 0 Å². The van der Waals surface area contributed by atoms with Gasteiger partial charge in [-0.2, -0.15) is 0 Å². The minimum atomic E-state index is 0.574. The Morgan fingerprint density at radius 3 is 1.29 bits per heavy atom. The van der Waals surface area contributed by atoms with E-state index in [1.807, 2.05) is 36.4 Å². The molecule has 2 heterocycles. The molecular weight excluding hydrogens is 791 g/mol. The normalized spacial score (nSPS) is 11.5. The van der Waals surface area contributed by atoms with Gasteiger partial charge in [0.1, 0.15) is 11.5 Å². The lowest BCUT2D eigenvalue weighted by molar-refractivity contribution is 0.492. The van der Waals surface area contributed by atoms with Crippen LogP contribution in [0, 0.1) is 0 Å². The highest BCUT2D eigenvalue weighted by Gasteiger charge is 2.24. The zero-order chi connectivity index (χ0) is 43.1. The zero-order valence-electron chi connectivity index (χ0n) is 35.3. The first kappa shape index (κ1) is 38.0. The molecule has 0 N–H and O–H groups in total. The molecule has 12 rings (SSSR count). The highest BCUT2D eigenvalue weighted by molar-refractivity contribution is 6.03. The number of fused-ring (bicyclic) bond motifs is 11. The Hall–Kier alpha value is -8.73.